The Bertz CT molecular complexity index is 845. The van der Waals surface area contributed by atoms with Crippen LogP contribution in [0.4, 0.5) is 0 Å². The standard InChI is InChI=1S/C18H17ClN4O/c1-13-17(18(24)20-11-15-8-5-9-16(19)10-15)21-22-23(13)12-14-6-3-2-4-7-14/h2-10H,11-12H2,1H3,(H,20,24). The Labute approximate surface area is 145 Å². The van der Waals surface area contributed by atoms with Gasteiger partial charge in [0.1, 0.15) is 0 Å². The molecule has 24 heavy (non-hydrogen) atoms. The van der Waals surface area contributed by atoms with Gasteiger partial charge in [-0.05, 0) is 30.2 Å². The smallest absolute Gasteiger partial charge is 0.274 e. The summed E-state index contributed by atoms with van der Waals surface area (Å²) in [6.45, 7) is 2.82. The van der Waals surface area contributed by atoms with Crippen molar-refractivity contribution in [2.75, 3.05) is 0 Å². The Morgan fingerprint density at radius 3 is 2.62 bits per heavy atom. The highest BCUT2D eigenvalue weighted by molar-refractivity contribution is 6.30. The van der Waals surface area contributed by atoms with E-state index in [0.717, 1.165) is 16.8 Å². The van der Waals surface area contributed by atoms with E-state index in [1.54, 1.807) is 10.7 Å². The maximum Gasteiger partial charge on any atom is 0.274 e. The summed E-state index contributed by atoms with van der Waals surface area (Å²) in [6.07, 6.45) is 0. The summed E-state index contributed by atoms with van der Waals surface area (Å²) in [4.78, 5) is 12.3. The number of hydrogen-bond donors (Lipinski definition) is 1. The van der Waals surface area contributed by atoms with Crippen LogP contribution >= 0.6 is 11.6 Å². The van der Waals surface area contributed by atoms with Crippen LogP contribution < -0.4 is 5.32 Å². The summed E-state index contributed by atoms with van der Waals surface area (Å²) in [5.74, 6) is -0.244. The monoisotopic (exact) mass is 340 g/mol. The number of benzene rings is 2. The van der Waals surface area contributed by atoms with Crippen molar-refractivity contribution < 1.29 is 4.79 Å². The molecule has 0 unspecified atom stereocenters. The normalized spacial score (nSPS) is 10.6. The number of rotatable bonds is 5. The van der Waals surface area contributed by atoms with Crippen LogP contribution in [0.1, 0.15) is 27.3 Å². The van der Waals surface area contributed by atoms with Crippen LogP contribution in [-0.2, 0) is 13.1 Å². The molecule has 0 saturated carbocycles. The Morgan fingerprint density at radius 2 is 1.88 bits per heavy atom. The van der Waals surface area contributed by atoms with Crippen molar-refractivity contribution in [1.29, 1.82) is 0 Å². The average molecular weight is 341 g/mol. The molecule has 122 valence electrons. The van der Waals surface area contributed by atoms with Crippen LogP contribution in [0.2, 0.25) is 5.02 Å². The lowest BCUT2D eigenvalue weighted by Gasteiger charge is -2.06. The third kappa shape index (κ3) is 3.81. The van der Waals surface area contributed by atoms with Crippen molar-refractivity contribution in [3.63, 3.8) is 0 Å². The predicted molar refractivity (Wildman–Crippen MR) is 92.9 cm³/mol. The van der Waals surface area contributed by atoms with Gasteiger partial charge in [-0.1, -0.05) is 59.3 Å². The van der Waals surface area contributed by atoms with E-state index in [1.807, 2.05) is 55.5 Å². The SMILES string of the molecule is Cc1c(C(=O)NCc2cccc(Cl)c2)nnn1Cc1ccccc1. The van der Waals surface area contributed by atoms with E-state index in [1.165, 1.54) is 0 Å². The number of carbonyl (C=O) groups excluding carboxylic acids is 1. The Morgan fingerprint density at radius 1 is 1.12 bits per heavy atom. The molecule has 1 heterocycles. The van der Waals surface area contributed by atoms with Crippen LogP contribution in [-0.4, -0.2) is 20.9 Å². The van der Waals surface area contributed by atoms with E-state index in [9.17, 15) is 4.79 Å². The first-order valence-electron chi connectivity index (χ1n) is 7.60. The van der Waals surface area contributed by atoms with Gasteiger partial charge < -0.3 is 5.32 Å². The lowest BCUT2D eigenvalue weighted by molar-refractivity contribution is 0.0945. The predicted octanol–water partition coefficient (Wildman–Crippen LogP) is 3.22. The molecular weight excluding hydrogens is 324 g/mol. The summed E-state index contributed by atoms with van der Waals surface area (Å²) >= 11 is 5.94. The van der Waals surface area contributed by atoms with E-state index < -0.39 is 0 Å². The highest BCUT2D eigenvalue weighted by atomic mass is 35.5. The fourth-order valence-electron chi connectivity index (χ4n) is 2.39. The second kappa shape index (κ2) is 7.27. The maximum atomic E-state index is 12.3. The number of halogens is 1. The van der Waals surface area contributed by atoms with Gasteiger partial charge >= 0.3 is 0 Å². The summed E-state index contributed by atoms with van der Waals surface area (Å²) in [7, 11) is 0. The summed E-state index contributed by atoms with van der Waals surface area (Å²) in [5, 5.41) is 11.6. The van der Waals surface area contributed by atoms with Crippen molar-refractivity contribution in [2.45, 2.75) is 20.0 Å². The second-order valence-corrected chi connectivity index (χ2v) is 5.92. The molecule has 2 aromatic carbocycles. The van der Waals surface area contributed by atoms with Crippen molar-refractivity contribution in [3.8, 4) is 0 Å². The van der Waals surface area contributed by atoms with Crippen LogP contribution in [0, 0.1) is 6.92 Å². The summed E-state index contributed by atoms with van der Waals surface area (Å²) < 4.78 is 1.73. The van der Waals surface area contributed by atoms with Gasteiger partial charge in [-0.15, -0.1) is 5.10 Å². The Kier molecular flexibility index (Phi) is 4.91. The van der Waals surface area contributed by atoms with Crippen LogP contribution in [0.25, 0.3) is 0 Å². The Balaban J connectivity index is 1.67. The first-order valence-corrected chi connectivity index (χ1v) is 7.98. The van der Waals surface area contributed by atoms with Crippen LogP contribution in [0.15, 0.2) is 54.6 Å². The molecule has 0 fully saturated rings. The van der Waals surface area contributed by atoms with Crippen molar-refractivity contribution in [1.82, 2.24) is 20.3 Å². The number of aromatic nitrogens is 3. The van der Waals surface area contributed by atoms with Crippen molar-refractivity contribution in [2.24, 2.45) is 0 Å². The summed E-state index contributed by atoms with van der Waals surface area (Å²) in [5.41, 5.74) is 3.12. The topological polar surface area (TPSA) is 59.8 Å². The highest BCUT2D eigenvalue weighted by Gasteiger charge is 2.16. The average Bonchev–Trinajstić information content (AvgIpc) is 2.95. The molecule has 0 saturated heterocycles. The van der Waals surface area contributed by atoms with Crippen molar-refractivity contribution in [3.05, 3.63) is 82.1 Å². The van der Waals surface area contributed by atoms with Gasteiger partial charge in [-0.3, -0.25) is 4.79 Å². The summed E-state index contributed by atoms with van der Waals surface area (Å²) in [6, 6.07) is 17.3. The fraction of sp³-hybridized carbons (Fsp3) is 0.167. The lowest BCUT2D eigenvalue weighted by atomic mass is 10.2. The molecule has 1 amide bonds. The number of amides is 1. The number of nitrogens with one attached hydrogen (secondary N) is 1. The van der Waals surface area contributed by atoms with E-state index in [0.29, 0.717) is 23.8 Å². The molecule has 5 nitrogen and oxygen atoms in total. The molecule has 1 aromatic heterocycles. The molecule has 0 bridgehead atoms. The maximum absolute atomic E-state index is 12.3. The molecule has 0 aliphatic carbocycles. The van der Waals surface area contributed by atoms with Gasteiger partial charge in [0.25, 0.3) is 5.91 Å². The molecule has 0 aliphatic rings. The first-order chi connectivity index (χ1) is 11.6. The largest absolute Gasteiger partial charge is 0.347 e. The molecule has 1 N–H and O–H groups in total. The van der Waals surface area contributed by atoms with E-state index >= 15 is 0 Å². The molecule has 0 spiro atoms. The van der Waals surface area contributed by atoms with Gasteiger partial charge in [0, 0.05) is 11.6 Å². The third-order valence-corrected chi connectivity index (χ3v) is 3.95. The first kappa shape index (κ1) is 16.2. The fourth-order valence-corrected chi connectivity index (χ4v) is 2.60. The molecule has 6 heteroatoms. The van der Waals surface area contributed by atoms with Crippen molar-refractivity contribution >= 4 is 17.5 Å². The van der Waals surface area contributed by atoms with Gasteiger partial charge in [-0.2, -0.15) is 0 Å². The molecule has 0 atom stereocenters. The molecule has 3 rings (SSSR count). The number of carbonyl (C=O) groups is 1. The minimum absolute atomic E-state index is 0.244. The number of hydrogen-bond acceptors (Lipinski definition) is 3. The zero-order valence-electron chi connectivity index (χ0n) is 13.2. The van der Waals surface area contributed by atoms with E-state index in [-0.39, 0.29) is 5.91 Å². The third-order valence-electron chi connectivity index (χ3n) is 3.71. The molecule has 0 radical (unpaired) electrons. The number of nitrogens with zero attached hydrogens (tertiary/aromatic N) is 3. The molecule has 0 aliphatic heterocycles. The minimum Gasteiger partial charge on any atom is -0.347 e. The second-order valence-electron chi connectivity index (χ2n) is 5.48. The van der Waals surface area contributed by atoms with Gasteiger partial charge in [0.2, 0.25) is 0 Å². The molecule has 3 aromatic rings. The lowest BCUT2D eigenvalue weighted by Crippen LogP contribution is -2.24. The van der Waals surface area contributed by atoms with Gasteiger partial charge in [0.15, 0.2) is 5.69 Å². The quantitative estimate of drug-likeness (QED) is 0.775. The zero-order valence-corrected chi connectivity index (χ0v) is 14.0. The van der Waals surface area contributed by atoms with E-state index in [2.05, 4.69) is 15.6 Å². The highest BCUT2D eigenvalue weighted by Crippen LogP contribution is 2.11. The van der Waals surface area contributed by atoms with Gasteiger partial charge in [-0.25, -0.2) is 4.68 Å². The van der Waals surface area contributed by atoms with Gasteiger partial charge in [0.05, 0.1) is 12.2 Å². The van der Waals surface area contributed by atoms with Crippen LogP contribution in [0.5, 0.6) is 0 Å². The van der Waals surface area contributed by atoms with Crippen LogP contribution in [0.3, 0.4) is 0 Å². The Hall–Kier alpha value is -2.66. The minimum atomic E-state index is -0.244. The zero-order chi connectivity index (χ0) is 16.9. The molecular formula is C18H17ClN4O. The van der Waals surface area contributed by atoms with E-state index in [4.69, 9.17) is 11.6 Å².